The molecule has 3 rings (SSSR count). The highest BCUT2D eigenvalue weighted by atomic mass is 16.6. The summed E-state index contributed by atoms with van der Waals surface area (Å²) >= 11 is 0. The molecule has 1 aromatic rings. The fourth-order valence-electron chi connectivity index (χ4n) is 4.61. The Morgan fingerprint density at radius 3 is 2.43 bits per heavy atom. The van der Waals surface area contributed by atoms with Crippen LogP contribution in [0.1, 0.15) is 36.5 Å². The van der Waals surface area contributed by atoms with E-state index < -0.39 is 22.9 Å². The molecule has 35 heavy (non-hydrogen) atoms. The average Bonchev–Trinajstić information content (AvgIpc) is 2.86. The van der Waals surface area contributed by atoms with E-state index in [4.69, 9.17) is 18.9 Å². The Hall–Kier alpha value is -2.76. The van der Waals surface area contributed by atoms with E-state index in [-0.39, 0.29) is 54.4 Å². The molecule has 0 saturated carbocycles. The Labute approximate surface area is 205 Å². The molecule has 1 aromatic carbocycles. The smallest absolute Gasteiger partial charge is 0.270 e. The SMILES string of the molecule is CO[C@H]1CN(C)C(=O)c2cc([N+](=O)[O-])ccc2OC[C@H]2O[C@H](CC[C@H]2OC)CCN(C)C(=O)[C@@H]1C. The molecule has 0 aliphatic carbocycles. The fourth-order valence-corrected chi connectivity index (χ4v) is 4.61. The Bertz CT molecular complexity index is 926. The number of amides is 2. The van der Waals surface area contributed by atoms with Gasteiger partial charge in [-0.2, -0.15) is 0 Å². The Morgan fingerprint density at radius 1 is 1.06 bits per heavy atom. The topological polar surface area (TPSA) is 121 Å². The van der Waals surface area contributed by atoms with Crippen LogP contribution in [0.2, 0.25) is 0 Å². The van der Waals surface area contributed by atoms with Gasteiger partial charge in [-0.3, -0.25) is 19.7 Å². The number of benzene rings is 1. The Kier molecular flexibility index (Phi) is 9.03. The van der Waals surface area contributed by atoms with Gasteiger partial charge in [-0.15, -0.1) is 0 Å². The van der Waals surface area contributed by atoms with Crippen molar-refractivity contribution >= 4 is 17.5 Å². The molecule has 5 atom stereocenters. The molecule has 11 nitrogen and oxygen atoms in total. The largest absolute Gasteiger partial charge is 0.490 e. The van der Waals surface area contributed by atoms with Crippen molar-refractivity contribution in [2.45, 2.75) is 50.6 Å². The van der Waals surface area contributed by atoms with E-state index in [9.17, 15) is 19.7 Å². The number of carbonyl (C=O) groups is 2. The Morgan fingerprint density at radius 2 is 1.77 bits per heavy atom. The summed E-state index contributed by atoms with van der Waals surface area (Å²) in [7, 11) is 6.43. The van der Waals surface area contributed by atoms with Gasteiger partial charge in [-0.05, 0) is 25.3 Å². The lowest BCUT2D eigenvalue weighted by Crippen LogP contribution is -2.47. The number of nitrogens with zero attached hydrogens (tertiary/aromatic N) is 3. The van der Waals surface area contributed by atoms with Gasteiger partial charge in [-0.1, -0.05) is 6.92 Å². The maximum absolute atomic E-state index is 13.4. The predicted molar refractivity (Wildman–Crippen MR) is 126 cm³/mol. The molecule has 0 N–H and O–H groups in total. The molecular formula is C24H35N3O8. The molecular weight excluding hydrogens is 458 g/mol. The maximum Gasteiger partial charge on any atom is 0.270 e. The summed E-state index contributed by atoms with van der Waals surface area (Å²) in [5.41, 5.74) is -0.165. The first-order valence-corrected chi connectivity index (χ1v) is 11.8. The molecule has 11 heteroatoms. The molecule has 2 amide bonds. The van der Waals surface area contributed by atoms with Crippen LogP contribution in [0.15, 0.2) is 18.2 Å². The minimum atomic E-state index is -0.562. The zero-order valence-corrected chi connectivity index (χ0v) is 21.0. The first-order valence-electron chi connectivity index (χ1n) is 11.8. The van der Waals surface area contributed by atoms with Crippen LogP contribution in [0, 0.1) is 16.0 Å². The standard InChI is InChI=1S/C24H35N3O8/c1-15-21(33-5)13-26(3)24(29)18-12-16(27(30)31)6-8-19(18)34-14-22-20(32-4)9-7-17(35-22)10-11-25(2)23(15)28/h6,8,12,15,17,20-22H,7,9-11,13-14H2,1-5H3/t15-,17-,20-,21+,22-/m1/s1. The molecule has 2 bridgehead atoms. The molecule has 194 valence electrons. The van der Waals surface area contributed by atoms with Crippen LogP contribution in [0.25, 0.3) is 0 Å². The number of nitro benzene ring substituents is 1. The van der Waals surface area contributed by atoms with Crippen LogP contribution < -0.4 is 4.74 Å². The van der Waals surface area contributed by atoms with Crippen LogP contribution in [-0.2, 0) is 19.0 Å². The van der Waals surface area contributed by atoms with Crippen molar-refractivity contribution in [2.75, 3.05) is 48.0 Å². The number of hydrogen-bond donors (Lipinski definition) is 0. The van der Waals surface area contributed by atoms with Crippen molar-refractivity contribution < 1.29 is 33.5 Å². The van der Waals surface area contributed by atoms with E-state index in [1.165, 1.54) is 30.2 Å². The van der Waals surface area contributed by atoms with Gasteiger partial charge in [0.05, 0.1) is 34.7 Å². The number of ether oxygens (including phenoxy) is 4. The normalized spacial score (nSPS) is 28.9. The molecule has 0 spiro atoms. The summed E-state index contributed by atoms with van der Waals surface area (Å²) in [6, 6.07) is 3.94. The second kappa shape index (κ2) is 11.8. The van der Waals surface area contributed by atoms with Crippen LogP contribution in [0.4, 0.5) is 5.69 Å². The molecule has 2 aliphatic heterocycles. The summed E-state index contributed by atoms with van der Waals surface area (Å²) in [5.74, 6) is -0.854. The zero-order valence-electron chi connectivity index (χ0n) is 21.0. The fraction of sp³-hybridized carbons (Fsp3) is 0.667. The van der Waals surface area contributed by atoms with Gasteiger partial charge in [-0.25, -0.2) is 0 Å². The van der Waals surface area contributed by atoms with Gasteiger partial charge < -0.3 is 28.7 Å². The number of carbonyl (C=O) groups excluding carboxylic acids is 2. The quantitative estimate of drug-likeness (QED) is 0.464. The lowest BCUT2D eigenvalue weighted by molar-refractivity contribution is -0.384. The van der Waals surface area contributed by atoms with Gasteiger partial charge in [0.15, 0.2) is 0 Å². The van der Waals surface area contributed by atoms with Crippen molar-refractivity contribution in [3.8, 4) is 5.75 Å². The third kappa shape index (κ3) is 6.28. The van der Waals surface area contributed by atoms with E-state index >= 15 is 0 Å². The zero-order chi connectivity index (χ0) is 25.7. The molecule has 0 aromatic heterocycles. The van der Waals surface area contributed by atoms with E-state index in [0.717, 1.165) is 12.8 Å². The van der Waals surface area contributed by atoms with Crippen molar-refractivity contribution in [3.63, 3.8) is 0 Å². The first-order chi connectivity index (χ1) is 16.7. The predicted octanol–water partition coefficient (Wildman–Crippen LogP) is 2.12. The van der Waals surface area contributed by atoms with Gasteiger partial charge in [0.25, 0.3) is 11.6 Å². The number of fused-ring (bicyclic) bond motifs is 3. The summed E-state index contributed by atoms with van der Waals surface area (Å²) < 4.78 is 23.4. The van der Waals surface area contributed by atoms with Gasteiger partial charge in [0.2, 0.25) is 5.91 Å². The third-order valence-electron chi connectivity index (χ3n) is 6.88. The number of hydrogen-bond acceptors (Lipinski definition) is 8. The van der Waals surface area contributed by atoms with Crippen LogP contribution in [-0.4, -0.2) is 99.0 Å². The monoisotopic (exact) mass is 493 g/mol. The van der Waals surface area contributed by atoms with Gasteiger partial charge in [0.1, 0.15) is 18.5 Å². The second-order valence-electron chi connectivity index (χ2n) is 9.19. The number of rotatable bonds is 3. The number of non-ortho nitro benzene ring substituents is 1. The second-order valence-corrected chi connectivity index (χ2v) is 9.19. The molecule has 1 fully saturated rings. The van der Waals surface area contributed by atoms with Crippen LogP contribution >= 0.6 is 0 Å². The Balaban J connectivity index is 1.98. The molecule has 0 unspecified atom stereocenters. The minimum Gasteiger partial charge on any atom is -0.490 e. The van der Waals surface area contributed by atoms with Crippen LogP contribution in [0.3, 0.4) is 0 Å². The van der Waals surface area contributed by atoms with Crippen LogP contribution in [0.5, 0.6) is 5.75 Å². The molecule has 0 radical (unpaired) electrons. The van der Waals surface area contributed by atoms with Crippen molar-refractivity contribution in [1.29, 1.82) is 0 Å². The van der Waals surface area contributed by atoms with Gasteiger partial charge in [0, 0.05) is 53.5 Å². The average molecular weight is 494 g/mol. The third-order valence-corrected chi connectivity index (χ3v) is 6.88. The van der Waals surface area contributed by atoms with Crippen molar-refractivity contribution in [2.24, 2.45) is 5.92 Å². The molecule has 2 aliphatic rings. The summed E-state index contributed by atoms with van der Waals surface area (Å²) in [5, 5.41) is 11.4. The van der Waals surface area contributed by atoms with Gasteiger partial charge >= 0.3 is 0 Å². The summed E-state index contributed by atoms with van der Waals surface area (Å²) in [6.07, 6.45) is 1.01. The first kappa shape index (κ1) is 26.8. The van der Waals surface area contributed by atoms with Crippen molar-refractivity contribution in [3.05, 3.63) is 33.9 Å². The summed E-state index contributed by atoms with van der Waals surface area (Å²) in [4.78, 5) is 40.3. The highest BCUT2D eigenvalue weighted by Crippen LogP contribution is 2.29. The van der Waals surface area contributed by atoms with E-state index in [1.54, 1.807) is 33.0 Å². The lowest BCUT2D eigenvalue weighted by Gasteiger charge is -2.37. The number of nitro groups is 1. The highest BCUT2D eigenvalue weighted by Gasteiger charge is 2.34. The van der Waals surface area contributed by atoms with Crippen molar-refractivity contribution in [1.82, 2.24) is 9.80 Å². The molecule has 2 heterocycles. The number of likely N-dealkylation sites (N-methyl/N-ethyl adjacent to an activating group) is 1. The summed E-state index contributed by atoms with van der Waals surface area (Å²) in [6.45, 7) is 2.53. The number of methoxy groups -OCH3 is 2. The van der Waals surface area contributed by atoms with E-state index in [2.05, 4.69) is 0 Å². The molecule has 1 saturated heterocycles. The highest BCUT2D eigenvalue weighted by molar-refractivity contribution is 5.97. The lowest BCUT2D eigenvalue weighted by atomic mass is 9.98. The minimum absolute atomic E-state index is 0.0565. The van der Waals surface area contributed by atoms with E-state index in [0.29, 0.717) is 13.0 Å². The van der Waals surface area contributed by atoms with E-state index in [1.807, 2.05) is 0 Å². The maximum atomic E-state index is 13.4.